The Hall–Kier alpha value is -2.68. The van der Waals surface area contributed by atoms with Crippen LogP contribution in [-0.2, 0) is 14.8 Å². The summed E-state index contributed by atoms with van der Waals surface area (Å²) in [5.41, 5.74) is 0.778. The molecule has 0 aliphatic carbocycles. The highest BCUT2D eigenvalue weighted by atomic mass is 35.7. The zero-order valence-electron chi connectivity index (χ0n) is 15.7. The van der Waals surface area contributed by atoms with Crippen LogP contribution < -0.4 is 9.47 Å². The van der Waals surface area contributed by atoms with Crippen molar-refractivity contribution in [3.8, 4) is 17.2 Å². The average molecular weight is 465 g/mol. The van der Waals surface area contributed by atoms with Crippen molar-refractivity contribution in [2.75, 3.05) is 7.11 Å². The minimum atomic E-state index is -4.28. The van der Waals surface area contributed by atoms with Crippen LogP contribution in [-0.4, -0.2) is 26.6 Å². The van der Waals surface area contributed by atoms with Gasteiger partial charge in [0.2, 0.25) is 0 Å². The van der Waals surface area contributed by atoms with Gasteiger partial charge in [-0.25, -0.2) is 13.2 Å². The van der Waals surface area contributed by atoms with Crippen LogP contribution in [0.2, 0.25) is 0 Å². The van der Waals surface area contributed by atoms with Gasteiger partial charge in [0.1, 0.15) is 16.4 Å². The van der Waals surface area contributed by atoms with E-state index < -0.39 is 19.9 Å². The Balaban J connectivity index is 2.08. The Morgan fingerprint density at radius 2 is 1.67 bits per heavy atom. The van der Waals surface area contributed by atoms with Crippen molar-refractivity contribution in [2.45, 2.75) is 15.5 Å². The molecule has 0 saturated heterocycles. The molecule has 0 unspecified atom stereocenters. The van der Waals surface area contributed by atoms with Crippen molar-refractivity contribution in [1.82, 2.24) is 0 Å². The minimum Gasteiger partial charge on any atom is -0.497 e. The summed E-state index contributed by atoms with van der Waals surface area (Å²) in [7, 11) is 2.86. The van der Waals surface area contributed by atoms with Crippen LogP contribution in [0.25, 0.3) is 0 Å². The fourth-order valence-corrected chi connectivity index (χ4v) is 4.64. The second-order valence-electron chi connectivity index (χ2n) is 6.10. The molecule has 0 fully saturated rings. The number of carbonyl (C=O) groups is 1. The Morgan fingerprint density at radius 3 is 2.23 bits per heavy atom. The van der Waals surface area contributed by atoms with Crippen LogP contribution in [0.3, 0.4) is 0 Å². The van der Waals surface area contributed by atoms with Gasteiger partial charge in [0.15, 0.2) is 5.75 Å². The van der Waals surface area contributed by atoms with Crippen LogP contribution in [0.15, 0.2) is 76.5 Å². The molecule has 0 atom stereocenters. The molecule has 1 N–H and O–H groups in total. The number of carboxylic acids is 1. The van der Waals surface area contributed by atoms with Gasteiger partial charge in [-0.1, -0.05) is 30.3 Å². The molecule has 0 aliphatic heterocycles. The van der Waals surface area contributed by atoms with Crippen molar-refractivity contribution >= 4 is 37.5 Å². The number of hydrogen-bond donors (Lipinski definition) is 1. The molecule has 0 aromatic heterocycles. The maximum absolute atomic E-state index is 12.2. The van der Waals surface area contributed by atoms with Crippen LogP contribution in [0.1, 0.15) is 15.9 Å². The van der Waals surface area contributed by atoms with Gasteiger partial charge in [-0.15, -0.1) is 11.8 Å². The van der Waals surface area contributed by atoms with Crippen LogP contribution in [0, 0.1) is 0 Å². The second-order valence-corrected chi connectivity index (χ2v) is 9.65. The van der Waals surface area contributed by atoms with Crippen molar-refractivity contribution in [1.29, 1.82) is 0 Å². The average Bonchev–Trinajstić information content (AvgIpc) is 2.73. The molecule has 0 saturated carbocycles. The molecule has 156 valence electrons. The maximum atomic E-state index is 12.2. The van der Waals surface area contributed by atoms with E-state index in [0.29, 0.717) is 22.1 Å². The molecular weight excluding hydrogens is 448 g/mol. The van der Waals surface area contributed by atoms with Crippen LogP contribution >= 0.6 is 22.4 Å². The van der Waals surface area contributed by atoms with E-state index in [2.05, 4.69) is 0 Å². The lowest BCUT2D eigenvalue weighted by Gasteiger charge is -2.15. The van der Waals surface area contributed by atoms with E-state index in [1.807, 2.05) is 30.3 Å². The highest BCUT2D eigenvalue weighted by Gasteiger charge is 2.25. The molecular formula is C21H17ClO6S2. The first-order valence-electron chi connectivity index (χ1n) is 8.62. The molecule has 30 heavy (non-hydrogen) atoms. The zero-order valence-corrected chi connectivity index (χ0v) is 18.1. The fourth-order valence-electron chi connectivity index (χ4n) is 2.59. The molecule has 6 nitrogen and oxygen atoms in total. The second kappa shape index (κ2) is 9.42. The van der Waals surface area contributed by atoms with E-state index in [1.165, 1.54) is 24.9 Å². The number of hydrogen-bond acceptors (Lipinski definition) is 6. The number of halogens is 1. The lowest BCUT2D eigenvalue weighted by Crippen LogP contribution is -2.04. The molecule has 0 heterocycles. The van der Waals surface area contributed by atoms with Gasteiger partial charge in [0.25, 0.3) is 9.05 Å². The number of methoxy groups -OCH3 is 1. The van der Waals surface area contributed by atoms with E-state index in [4.69, 9.17) is 20.2 Å². The van der Waals surface area contributed by atoms with Gasteiger partial charge in [-0.05, 0) is 42.0 Å². The summed E-state index contributed by atoms with van der Waals surface area (Å²) in [5.74, 6) is 0.134. The molecule has 0 bridgehead atoms. The first-order chi connectivity index (χ1) is 14.3. The number of aromatic carboxylic acids is 1. The Bertz CT molecular complexity index is 1150. The number of carboxylic acid groups (broad SMARTS) is 1. The Kier molecular flexibility index (Phi) is 6.91. The summed E-state index contributed by atoms with van der Waals surface area (Å²) in [6.07, 6.45) is 0. The minimum absolute atomic E-state index is 0.0268. The van der Waals surface area contributed by atoms with Gasteiger partial charge in [0, 0.05) is 16.4 Å². The molecule has 0 aliphatic rings. The predicted molar refractivity (Wildman–Crippen MR) is 116 cm³/mol. The smallest absolute Gasteiger partial charge is 0.335 e. The number of thioether (sulfide) groups is 1. The van der Waals surface area contributed by atoms with E-state index in [1.54, 1.807) is 24.3 Å². The van der Waals surface area contributed by atoms with Crippen molar-refractivity contribution in [3.05, 3.63) is 77.9 Å². The molecule has 0 spiro atoms. The SMILES string of the molecule is COc1ccc(Oc2c(SCc3ccccc3)cc(C(=O)O)cc2S(=O)(=O)Cl)cc1. The largest absolute Gasteiger partial charge is 0.497 e. The normalized spacial score (nSPS) is 11.1. The molecule has 0 amide bonds. The summed E-state index contributed by atoms with van der Waals surface area (Å²) >= 11 is 1.25. The first-order valence-corrected chi connectivity index (χ1v) is 11.9. The van der Waals surface area contributed by atoms with Gasteiger partial charge in [-0.3, -0.25) is 0 Å². The van der Waals surface area contributed by atoms with E-state index in [-0.39, 0.29) is 11.3 Å². The molecule has 3 aromatic rings. The van der Waals surface area contributed by atoms with Crippen molar-refractivity contribution < 1.29 is 27.8 Å². The van der Waals surface area contributed by atoms with Gasteiger partial charge < -0.3 is 14.6 Å². The highest BCUT2D eigenvalue weighted by molar-refractivity contribution is 8.13. The first kappa shape index (κ1) is 22.0. The number of benzene rings is 3. The quantitative estimate of drug-likeness (QED) is 0.352. The van der Waals surface area contributed by atoms with E-state index in [9.17, 15) is 18.3 Å². The number of rotatable bonds is 8. The zero-order chi connectivity index (χ0) is 21.7. The third-order valence-electron chi connectivity index (χ3n) is 4.05. The Labute approximate surface area is 182 Å². The predicted octanol–water partition coefficient (Wildman–Crippen LogP) is 5.41. The molecule has 3 aromatic carbocycles. The molecule has 3 rings (SSSR count). The summed E-state index contributed by atoms with van der Waals surface area (Å²) in [6.45, 7) is 0. The van der Waals surface area contributed by atoms with Gasteiger partial charge in [0.05, 0.1) is 17.6 Å². The van der Waals surface area contributed by atoms with E-state index >= 15 is 0 Å². The third kappa shape index (κ3) is 5.47. The monoisotopic (exact) mass is 464 g/mol. The molecule has 9 heteroatoms. The maximum Gasteiger partial charge on any atom is 0.335 e. The lowest BCUT2D eigenvalue weighted by molar-refractivity contribution is 0.0696. The Morgan fingerprint density at radius 1 is 1.03 bits per heavy atom. The molecule has 0 radical (unpaired) electrons. The van der Waals surface area contributed by atoms with E-state index in [0.717, 1.165) is 11.6 Å². The van der Waals surface area contributed by atoms with Crippen molar-refractivity contribution in [2.24, 2.45) is 0 Å². The van der Waals surface area contributed by atoms with Gasteiger partial charge in [-0.2, -0.15) is 0 Å². The lowest BCUT2D eigenvalue weighted by atomic mass is 10.2. The summed E-state index contributed by atoms with van der Waals surface area (Å²) in [5, 5.41) is 9.42. The van der Waals surface area contributed by atoms with Gasteiger partial charge >= 0.3 is 5.97 Å². The van der Waals surface area contributed by atoms with Crippen molar-refractivity contribution in [3.63, 3.8) is 0 Å². The fraction of sp³-hybridized carbons (Fsp3) is 0.0952. The third-order valence-corrected chi connectivity index (χ3v) is 6.47. The standard InChI is InChI=1S/C21H17ClO6S2/c1-27-16-7-9-17(10-8-16)28-20-18(29-13-14-5-3-2-4-6-14)11-15(21(23)24)12-19(20)30(22,25)26/h2-12H,13H2,1H3,(H,23,24). The highest BCUT2D eigenvalue weighted by Crippen LogP contribution is 2.42. The topological polar surface area (TPSA) is 89.9 Å². The summed E-state index contributed by atoms with van der Waals surface area (Å²) < 4.78 is 35.4. The summed E-state index contributed by atoms with van der Waals surface area (Å²) in [4.78, 5) is 11.5. The van der Waals surface area contributed by atoms with Crippen LogP contribution in [0.5, 0.6) is 17.2 Å². The number of ether oxygens (including phenoxy) is 2. The van der Waals surface area contributed by atoms with Crippen LogP contribution in [0.4, 0.5) is 0 Å². The summed E-state index contributed by atoms with van der Waals surface area (Å²) in [6, 6.07) is 18.4.